The first kappa shape index (κ1) is 11.6. The molecule has 0 aliphatic carbocycles. The fourth-order valence-corrected chi connectivity index (χ4v) is 3.13. The molecule has 0 radical (unpaired) electrons. The molecule has 0 amide bonds. The second kappa shape index (κ2) is 4.96. The highest BCUT2D eigenvalue weighted by Crippen LogP contribution is 2.34. The van der Waals surface area contributed by atoms with E-state index in [2.05, 4.69) is 22.3 Å². The Morgan fingerprint density at radius 2 is 1.82 bits per heavy atom. The van der Waals surface area contributed by atoms with Crippen molar-refractivity contribution in [2.75, 3.05) is 0 Å². The van der Waals surface area contributed by atoms with Crippen LogP contribution in [0.25, 0.3) is 0 Å². The van der Waals surface area contributed by atoms with Crippen LogP contribution < -0.4 is 0 Å². The Hall–Kier alpha value is -1.89. The summed E-state index contributed by atoms with van der Waals surface area (Å²) in [6, 6.07) is 9.25. The van der Waals surface area contributed by atoms with Crippen LogP contribution in [-0.2, 0) is 0 Å². The number of aryl methyl sites for hydroxylation is 1. The maximum atomic E-state index is 9.02. The van der Waals surface area contributed by atoms with Gasteiger partial charge in [-0.1, -0.05) is 29.2 Å². The summed E-state index contributed by atoms with van der Waals surface area (Å²) in [5.74, 6) is 0. The van der Waals surface area contributed by atoms with Crippen molar-refractivity contribution in [1.29, 1.82) is 10.5 Å². The Labute approximate surface area is 107 Å². The number of rotatable bonds is 2. The summed E-state index contributed by atoms with van der Waals surface area (Å²) < 4.78 is 0.738. The Morgan fingerprint density at radius 1 is 1.18 bits per heavy atom. The smallest absolute Gasteiger partial charge is 0.179 e. The molecule has 0 saturated heterocycles. The van der Waals surface area contributed by atoms with Crippen LogP contribution in [0.5, 0.6) is 0 Å². The van der Waals surface area contributed by atoms with Crippen molar-refractivity contribution >= 4 is 23.1 Å². The van der Waals surface area contributed by atoms with Crippen LogP contribution >= 0.6 is 23.1 Å². The molecule has 0 aliphatic heterocycles. The average Bonchev–Trinajstić information content (AvgIpc) is 2.75. The van der Waals surface area contributed by atoms with Gasteiger partial charge in [0.15, 0.2) is 4.34 Å². The maximum absolute atomic E-state index is 9.02. The summed E-state index contributed by atoms with van der Waals surface area (Å²) >= 11 is 2.75. The van der Waals surface area contributed by atoms with Crippen LogP contribution in [0.15, 0.2) is 27.4 Å². The third kappa shape index (κ3) is 2.44. The van der Waals surface area contributed by atoms with Gasteiger partial charge in [-0.2, -0.15) is 10.5 Å². The molecule has 0 atom stereocenters. The van der Waals surface area contributed by atoms with Gasteiger partial charge in [-0.25, -0.2) is 0 Å². The fourth-order valence-electron chi connectivity index (χ4n) is 1.23. The lowest BCUT2D eigenvalue weighted by Crippen LogP contribution is -1.86. The molecule has 2 rings (SSSR count). The van der Waals surface area contributed by atoms with E-state index in [9.17, 15) is 0 Å². The number of hydrogen-bond donors (Lipinski definition) is 0. The monoisotopic (exact) mass is 258 g/mol. The lowest BCUT2D eigenvalue weighted by molar-refractivity contribution is 0.983. The van der Waals surface area contributed by atoms with Gasteiger partial charge in [-0.3, -0.25) is 0 Å². The van der Waals surface area contributed by atoms with Crippen molar-refractivity contribution in [3.05, 3.63) is 34.3 Å². The lowest BCUT2D eigenvalue weighted by Gasteiger charge is -2.02. The van der Waals surface area contributed by atoms with Gasteiger partial charge in [0.1, 0.15) is 17.1 Å². The number of nitriles is 2. The summed E-state index contributed by atoms with van der Waals surface area (Å²) in [6.45, 7) is 1.86. The van der Waals surface area contributed by atoms with E-state index >= 15 is 0 Å². The SMILES string of the molecule is Cc1nnc(Sc2c(C#N)cccc2C#N)s1. The molecule has 1 aromatic heterocycles. The zero-order valence-corrected chi connectivity index (χ0v) is 10.5. The topological polar surface area (TPSA) is 73.4 Å². The third-order valence-corrected chi connectivity index (χ3v) is 3.99. The molecule has 0 aliphatic rings. The molecule has 0 N–H and O–H groups in total. The Balaban J connectivity index is 2.45. The number of benzene rings is 1. The van der Waals surface area contributed by atoms with Gasteiger partial charge in [0.25, 0.3) is 0 Å². The molecule has 1 heterocycles. The molecule has 2 aromatic rings. The first-order valence-electron chi connectivity index (χ1n) is 4.65. The fraction of sp³-hybridized carbons (Fsp3) is 0.0909. The molecular weight excluding hydrogens is 252 g/mol. The van der Waals surface area contributed by atoms with E-state index in [0.717, 1.165) is 9.35 Å². The van der Waals surface area contributed by atoms with Crippen LogP contribution in [0, 0.1) is 29.6 Å². The minimum absolute atomic E-state index is 0.488. The first-order valence-corrected chi connectivity index (χ1v) is 6.29. The van der Waals surface area contributed by atoms with Gasteiger partial charge in [-0.15, -0.1) is 10.2 Å². The second-order valence-corrected chi connectivity index (χ2v) is 5.53. The van der Waals surface area contributed by atoms with Crippen molar-refractivity contribution in [2.45, 2.75) is 16.2 Å². The molecule has 6 heteroatoms. The molecular formula is C11H6N4S2. The van der Waals surface area contributed by atoms with E-state index in [0.29, 0.717) is 16.0 Å². The minimum atomic E-state index is 0.488. The predicted octanol–water partition coefficient (Wildman–Crippen LogP) is 2.74. The molecule has 0 spiro atoms. The Morgan fingerprint density at radius 3 is 2.29 bits per heavy atom. The molecule has 0 saturated carbocycles. The Kier molecular flexibility index (Phi) is 3.38. The van der Waals surface area contributed by atoms with Gasteiger partial charge in [0.05, 0.1) is 16.0 Å². The minimum Gasteiger partial charge on any atom is -0.192 e. The van der Waals surface area contributed by atoms with Crippen molar-refractivity contribution in [1.82, 2.24) is 10.2 Å². The molecule has 1 aromatic carbocycles. The number of hydrogen-bond acceptors (Lipinski definition) is 6. The zero-order valence-electron chi connectivity index (χ0n) is 8.84. The summed E-state index contributed by atoms with van der Waals surface area (Å²) in [4.78, 5) is 0.647. The van der Waals surface area contributed by atoms with E-state index in [4.69, 9.17) is 10.5 Å². The van der Waals surface area contributed by atoms with Crippen LogP contribution in [0.3, 0.4) is 0 Å². The average molecular weight is 258 g/mol. The van der Waals surface area contributed by atoms with Crippen molar-refractivity contribution < 1.29 is 0 Å². The van der Waals surface area contributed by atoms with E-state index in [-0.39, 0.29) is 0 Å². The number of nitrogens with zero attached hydrogens (tertiary/aromatic N) is 4. The number of aromatic nitrogens is 2. The highest BCUT2D eigenvalue weighted by Gasteiger charge is 2.12. The summed E-state index contributed by atoms with van der Waals surface area (Å²) in [7, 11) is 0. The largest absolute Gasteiger partial charge is 0.192 e. The summed E-state index contributed by atoms with van der Waals surface area (Å²) in [5.41, 5.74) is 0.976. The summed E-state index contributed by atoms with van der Waals surface area (Å²) in [5, 5.41) is 26.8. The van der Waals surface area contributed by atoms with E-state index in [1.165, 1.54) is 23.1 Å². The van der Waals surface area contributed by atoms with Gasteiger partial charge in [0, 0.05) is 0 Å². The van der Waals surface area contributed by atoms with E-state index in [1.54, 1.807) is 18.2 Å². The molecule has 0 bridgehead atoms. The lowest BCUT2D eigenvalue weighted by atomic mass is 10.1. The van der Waals surface area contributed by atoms with Crippen LogP contribution in [-0.4, -0.2) is 10.2 Å². The van der Waals surface area contributed by atoms with E-state index < -0.39 is 0 Å². The van der Waals surface area contributed by atoms with Crippen molar-refractivity contribution in [3.63, 3.8) is 0 Å². The molecule has 4 nitrogen and oxygen atoms in total. The zero-order chi connectivity index (χ0) is 12.3. The van der Waals surface area contributed by atoms with Crippen LogP contribution in [0.4, 0.5) is 0 Å². The normalized spacial score (nSPS) is 9.59. The third-order valence-electron chi connectivity index (χ3n) is 1.95. The molecule has 0 unspecified atom stereocenters. The van der Waals surface area contributed by atoms with Gasteiger partial charge in [0.2, 0.25) is 0 Å². The molecule has 82 valence electrons. The van der Waals surface area contributed by atoms with Gasteiger partial charge >= 0.3 is 0 Å². The van der Waals surface area contributed by atoms with E-state index in [1.807, 2.05) is 6.92 Å². The van der Waals surface area contributed by atoms with Gasteiger partial charge < -0.3 is 0 Å². The maximum Gasteiger partial charge on any atom is 0.179 e. The predicted molar refractivity (Wildman–Crippen MR) is 64.6 cm³/mol. The highest BCUT2D eigenvalue weighted by atomic mass is 32.2. The quantitative estimate of drug-likeness (QED) is 0.828. The van der Waals surface area contributed by atoms with Crippen LogP contribution in [0.2, 0.25) is 0 Å². The summed E-state index contributed by atoms with van der Waals surface area (Å²) in [6.07, 6.45) is 0. The van der Waals surface area contributed by atoms with Crippen LogP contribution in [0.1, 0.15) is 16.1 Å². The molecule has 0 fully saturated rings. The van der Waals surface area contributed by atoms with Crippen molar-refractivity contribution in [2.24, 2.45) is 0 Å². The standard InChI is InChI=1S/C11H6N4S2/c1-7-14-15-11(16-7)17-10-8(5-12)3-2-4-9(10)6-13/h2-4H,1H3. The highest BCUT2D eigenvalue weighted by molar-refractivity contribution is 8.01. The Bertz CT molecular complexity index is 601. The first-order chi connectivity index (χ1) is 8.24. The molecule has 17 heavy (non-hydrogen) atoms. The van der Waals surface area contributed by atoms with Gasteiger partial charge in [-0.05, 0) is 19.1 Å². The van der Waals surface area contributed by atoms with Crippen molar-refractivity contribution in [3.8, 4) is 12.1 Å². The second-order valence-electron chi connectivity index (χ2n) is 3.09.